The molecule has 0 fully saturated rings. The third-order valence-electron chi connectivity index (χ3n) is 3.40. The van der Waals surface area contributed by atoms with Crippen LogP contribution in [0.25, 0.3) is 10.4 Å². The van der Waals surface area contributed by atoms with Crippen LogP contribution in [0.4, 0.5) is 0 Å². The van der Waals surface area contributed by atoms with Gasteiger partial charge in [-0.3, -0.25) is 10.1 Å². The van der Waals surface area contributed by atoms with Crippen LogP contribution in [-0.4, -0.2) is 19.0 Å². The summed E-state index contributed by atoms with van der Waals surface area (Å²) < 4.78 is 0. The average Bonchev–Trinajstić information content (AvgIpc) is 2.43. The second kappa shape index (κ2) is 6.93. The monoisotopic (exact) mass is 275 g/mol. The maximum absolute atomic E-state index is 11.8. The van der Waals surface area contributed by atoms with Crippen LogP contribution in [-0.2, 0) is 10.3 Å². The summed E-state index contributed by atoms with van der Waals surface area (Å²) in [6.45, 7) is 6.61. The van der Waals surface area contributed by atoms with Crippen LogP contribution in [0.2, 0.25) is 0 Å². The van der Waals surface area contributed by atoms with E-state index in [1.54, 1.807) is 6.92 Å². The Hall–Kier alpha value is -2.04. The number of primary amides is 1. The molecule has 0 spiro atoms. The van der Waals surface area contributed by atoms with E-state index in [9.17, 15) is 4.79 Å². The fourth-order valence-electron chi connectivity index (χ4n) is 1.93. The molecule has 0 aliphatic rings. The van der Waals surface area contributed by atoms with Gasteiger partial charge in [0.25, 0.3) is 0 Å². The van der Waals surface area contributed by atoms with Crippen LogP contribution in [0, 0.1) is 0 Å². The largest absolute Gasteiger partial charge is 0.368 e. The molecule has 20 heavy (non-hydrogen) atoms. The molecule has 0 heterocycles. The highest BCUT2D eigenvalue weighted by Crippen LogP contribution is 2.23. The molecule has 6 nitrogen and oxygen atoms in total. The fraction of sp³-hybridized carbons (Fsp3) is 0.500. The van der Waals surface area contributed by atoms with Crippen LogP contribution in [0.15, 0.2) is 29.4 Å². The van der Waals surface area contributed by atoms with Crippen LogP contribution < -0.4 is 11.1 Å². The number of rotatable bonds is 7. The fourth-order valence-corrected chi connectivity index (χ4v) is 1.93. The average molecular weight is 275 g/mol. The van der Waals surface area contributed by atoms with Crippen molar-refractivity contribution in [3.63, 3.8) is 0 Å². The highest BCUT2D eigenvalue weighted by atomic mass is 16.1. The summed E-state index contributed by atoms with van der Waals surface area (Å²) in [7, 11) is 0. The van der Waals surface area contributed by atoms with Gasteiger partial charge < -0.3 is 5.73 Å². The molecule has 1 aromatic rings. The summed E-state index contributed by atoms with van der Waals surface area (Å²) in [6, 6.07) is 7.80. The Morgan fingerprint density at radius 3 is 2.50 bits per heavy atom. The number of nitrogens with one attached hydrogen (secondary N) is 1. The highest BCUT2D eigenvalue weighted by Gasteiger charge is 2.32. The summed E-state index contributed by atoms with van der Waals surface area (Å²) in [5.74, 6) is -0.0301. The van der Waals surface area contributed by atoms with Crippen molar-refractivity contribution in [1.29, 1.82) is 0 Å². The topological polar surface area (TPSA) is 104 Å². The highest BCUT2D eigenvalue weighted by molar-refractivity contribution is 5.85. The van der Waals surface area contributed by atoms with E-state index in [1.807, 2.05) is 24.3 Å². The van der Waals surface area contributed by atoms with Crippen molar-refractivity contribution in [2.24, 2.45) is 10.8 Å². The van der Waals surface area contributed by atoms with E-state index in [0.717, 1.165) is 5.56 Å². The van der Waals surface area contributed by atoms with Gasteiger partial charge in [-0.2, -0.15) is 0 Å². The molecule has 1 atom stereocenters. The lowest BCUT2D eigenvalue weighted by atomic mass is 9.89. The Bertz CT molecular complexity index is 505. The maximum atomic E-state index is 11.8. The van der Waals surface area contributed by atoms with Gasteiger partial charge in [-0.25, -0.2) is 0 Å². The Kier molecular flexibility index (Phi) is 5.55. The lowest BCUT2D eigenvalue weighted by Crippen LogP contribution is -2.51. The molecule has 6 heteroatoms. The molecule has 1 aromatic carbocycles. The number of benzene rings is 1. The van der Waals surface area contributed by atoms with Crippen molar-refractivity contribution < 1.29 is 4.79 Å². The van der Waals surface area contributed by atoms with Gasteiger partial charge in [0.15, 0.2) is 0 Å². The Labute approximate surface area is 119 Å². The van der Waals surface area contributed by atoms with Gasteiger partial charge >= 0.3 is 0 Å². The quantitative estimate of drug-likeness (QED) is 0.345. The van der Waals surface area contributed by atoms with Crippen LogP contribution in [0.3, 0.4) is 0 Å². The van der Waals surface area contributed by atoms with Gasteiger partial charge in [-0.05, 0) is 29.5 Å². The van der Waals surface area contributed by atoms with E-state index >= 15 is 0 Å². The zero-order valence-electron chi connectivity index (χ0n) is 12.1. The van der Waals surface area contributed by atoms with Gasteiger partial charge in [-0.15, -0.1) is 0 Å². The first kappa shape index (κ1) is 16.0. The standard InChI is InChI=1S/C14H21N5O/c1-10(2)11-4-6-12(7-5-11)14(3,13(15)20)17-8-9-18-19-16/h4-7,10,17H,8-9H2,1-3H3,(H2,15,20). The van der Waals surface area contributed by atoms with Gasteiger partial charge in [0.05, 0.1) is 0 Å². The summed E-state index contributed by atoms with van der Waals surface area (Å²) in [6.07, 6.45) is 0. The van der Waals surface area contributed by atoms with Gasteiger partial charge in [0.1, 0.15) is 5.54 Å². The SMILES string of the molecule is CC(C)c1ccc(C(C)(NCCN=[N+]=[N-])C(N)=O)cc1. The van der Waals surface area contributed by atoms with Crippen molar-refractivity contribution >= 4 is 5.91 Å². The zero-order valence-corrected chi connectivity index (χ0v) is 12.1. The van der Waals surface area contributed by atoms with Crippen LogP contribution in [0.1, 0.15) is 37.8 Å². The molecule has 0 aromatic heterocycles. The van der Waals surface area contributed by atoms with E-state index in [0.29, 0.717) is 12.5 Å². The second-order valence-corrected chi connectivity index (χ2v) is 5.15. The number of nitrogens with two attached hydrogens (primary N) is 1. The van der Waals surface area contributed by atoms with E-state index in [-0.39, 0.29) is 6.54 Å². The summed E-state index contributed by atoms with van der Waals surface area (Å²) >= 11 is 0. The number of nitrogens with zero attached hydrogens (tertiary/aromatic N) is 3. The number of hydrogen-bond donors (Lipinski definition) is 2. The lowest BCUT2D eigenvalue weighted by molar-refractivity contribution is -0.124. The van der Waals surface area contributed by atoms with Gasteiger partial charge in [0, 0.05) is 18.0 Å². The van der Waals surface area contributed by atoms with E-state index < -0.39 is 11.4 Å². The van der Waals surface area contributed by atoms with Gasteiger partial charge in [0.2, 0.25) is 5.91 Å². The maximum Gasteiger partial charge on any atom is 0.242 e. The molecule has 0 radical (unpaired) electrons. The normalized spacial score (nSPS) is 13.6. The van der Waals surface area contributed by atoms with E-state index in [1.165, 1.54) is 5.56 Å². The molecule has 0 aliphatic carbocycles. The zero-order chi connectivity index (χ0) is 15.2. The number of azide groups is 1. The molecule has 0 saturated carbocycles. The van der Waals surface area contributed by atoms with Crippen molar-refractivity contribution in [3.8, 4) is 0 Å². The lowest BCUT2D eigenvalue weighted by Gasteiger charge is -2.28. The number of carbonyl (C=O) groups is 1. The third-order valence-corrected chi connectivity index (χ3v) is 3.40. The molecule has 108 valence electrons. The summed E-state index contributed by atoms with van der Waals surface area (Å²) in [4.78, 5) is 14.4. The van der Waals surface area contributed by atoms with E-state index in [2.05, 4.69) is 29.2 Å². The molecule has 0 bridgehead atoms. The van der Waals surface area contributed by atoms with Crippen molar-refractivity contribution in [2.45, 2.75) is 32.2 Å². The smallest absolute Gasteiger partial charge is 0.242 e. The van der Waals surface area contributed by atoms with Crippen LogP contribution >= 0.6 is 0 Å². The Morgan fingerprint density at radius 2 is 2.05 bits per heavy atom. The predicted molar refractivity (Wildman–Crippen MR) is 79.1 cm³/mol. The Morgan fingerprint density at radius 1 is 1.45 bits per heavy atom. The molecule has 0 aliphatic heterocycles. The molecule has 1 unspecified atom stereocenters. The number of carbonyl (C=O) groups excluding carboxylic acids is 1. The molecule has 3 N–H and O–H groups in total. The summed E-state index contributed by atoms with van der Waals surface area (Å²) in [5.41, 5.74) is 14.8. The summed E-state index contributed by atoms with van der Waals surface area (Å²) in [5, 5.41) is 6.49. The van der Waals surface area contributed by atoms with Crippen molar-refractivity contribution in [3.05, 3.63) is 45.8 Å². The van der Waals surface area contributed by atoms with E-state index in [4.69, 9.17) is 11.3 Å². The first-order valence-electron chi connectivity index (χ1n) is 6.58. The molecule has 1 rings (SSSR count). The first-order chi connectivity index (χ1) is 9.41. The third kappa shape index (κ3) is 3.73. The minimum atomic E-state index is -0.972. The molecular formula is C14H21N5O. The minimum absolute atomic E-state index is 0.267. The number of amides is 1. The number of hydrogen-bond acceptors (Lipinski definition) is 3. The minimum Gasteiger partial charge on any atom is -0.368 e. The van der Waals surface area contributed by atoms with Crippen molar-refractivity contribution in [2.75, 3.05) is 13.1 Å². The van der Waals surface area contributed by atoms with Crippen LogP contribution in [0.5, 0.6) is 0 Å². The molecule has 1 amide bonds. The Balaban J connectivity index is 2.94. The molecule has 0 saturated heterocycles. The van der Waals surface area contributed by atoms with Gasteiger partial charge in [-0.1, -0.05) is 43.2 Å². The van der Waals surface area contributed by atoms with Crippen molar-refractivity contribution in [1.82, 2.24) is 5.32 Å². The first-order valence-corrected chi connectivity index (χ1v) is 6.58. The predicted octanol–water partition coefficient (Wildman–Crippen LogP) is 2.41. The second-order valence-electron chi connectivity index (χ2n) is 5.15. The molecular weight excluding hydrogens is 254 g/mol.